The third kappa shape index (κ3) is 2.87. The number of hydrogen-bond acceptors (Lipinski definition) is 6. The molecule has 7 heteroatoms. The second-order valence-corrected chi connectivity index (χ2v) is 5.91. The molecular weight excluding hydrogens is 290 g/mol. The fourth-order valence-electron chi connectivity index (χ4n) is 2.76. The van der Waals surface area contributed by atoms with Crippen molar-refractivity contribution in [3.63, 3.8) is 0 Å². The van der Waals surface area contributed by atoms with E-state index >= 15 is 0 Å². The van der Waals surface area contributed by atoms with Gasteiger partial charge in [-0.15, -0.1) is 0 Å². The van der Waals surface area contributed by atoms with Crippen LogP contribution in [0, 0.1) is 13.8 Å². The molecule has 2 atom stereocenters. The van der Waals surface area contributed by atoms with Crippen LogP contribution in [0.2, 0.25) is 5.02 Å². The fraction of sp³-hybridized carbons (Fsp3) is 0.500. The fourth-order valence-corrected chi connectivity index (χ4v) is 2.95. The van der Waals surface area contributed by atoms with E-state index in [2.05, 4.69) is 20.4 Å². The Hall–Kier alpha value is -1.66. The quantitative estimate of drug-likeness (QED) is 0.906. The molecule has 3 N–H and O–H groups in total. The van der Waals surface area contributed by atoms with Crippen LogP contribution in [0.4, 0.5) is 5.95 Å². The van der Waals surface area contributed by atoms with E-state index in [0.29, 0.717) is 28.5 Å². The van der Waals surface area contributed by atoms with Gasteiger partial charge >= 0.3 is 0 Å². The first kappa shape index (κ1) is 14.3. The van der Waals surface area contributed by atoms with Crippen molar-refractivity contribution in [2.75, 3.05) is 5.32 Å². The molecule has 0 amide bonds. The Morgan fingerprint density at radius 2 is 2.19 bits per heavy atom. The predicted octanol–water partition coefficient (Wildman–Crippen LogP) is 2.69. The molecule has 1 fully saturated rings. The number of nitrogens with two attached hydrogens (primary N) is 1. The molecule has 1 aliphatic carbocycles. The summed E-state index contributed by atoms with van der Waals surface area (Å²) < 4.78 is 5.19. The van der Waals surface area contributed by atoms with Crippen molar-refractivity contribution >= 4 is 17.5 Å². The zero-order valence-electron chi connectivity index (χ0n) is 12.1. The first-order chi connectivity index (χ1) is 10.0. The molecule has 0 radical (unpaired) electrons. The Labute approximate surface area is 128 Å². The number of halogens is 1. The van der Waals surface area contributed by atoms with Gasteiger partial charge in [0.25, 0.3) is 0 Å². The zero-order chi connectivity index (χ0) is 15.0. The minimum Gasteiger partial charge on any atom is -0.361 e. The molecule has 0 saturated heterocycles. The van der Waals surface area contributed by atoms with Crippen molar-refractivity contribution < 1.29 is 4.52 Å². The molecule has 2 aromatic rings. The van der Waals surface area contributed by atoms with Crippen LogP contribution >= 0.6 is 11.6 Å². The first-order valence-electron chi connectivity index (χ1n) is 7.02. The third-order valence-electron chi connectivity index (χ3n) is 3.82. The van der Waals surface area contributed by atoms with Crippen LogP contribution in [0.3, 0.4) is 0 Å². The number of rotatable bonds is 3. The minimum atomic E-state index is 0.261. The van der Waals surface area contributed by atoms with Gasteiger partial charge in [-0.3, -0.25) is 0 Å². The molecule has 2 heterocycles. The molecule has 0 bridgehead atoms. The van der Waals surface area contributed by atoms with Gasteiger partial charge in [-0.1, -0.05) is 16.8 Å². The van der Waals surface area contributed by atoms with E-state index in [1.54, 1.807) is 6.20 Å². The standard InChI is InChI=1S/C14H18ClN5O/c1-7-12(8(2)21-20-7)13-11(15)6-17-14(19-13)18-10-4-3-9(16)5-10/h6,9-10H,3-5,16H2,1-2H3,(H,17,18,19). The highest BCUT2D eigenvalue weighted by molar-refractivity contribution is 6.33. The number of aromatic nitrogens is 3. The monoisotopic (exact) mass is 307 g/mol. The smallest absolute Gasteiger partial charge is 0.223 e. The summed E-state index contributed by atoms with van der Waals surface area (Å²) in [6, 6.07) is 0.579. The second kappa shape index (κ2) is 5.61. The van der Waals surface area contributed by atoms with Crippen LogP contribution in [0.5, 0.6) is 0 Å². The van der Waals surface area contributed by atoms with Crippen LogP contribution in [-0.2, 0) is 0 Å². The lowest BCUT2D eigenvalue weighted by molar-refractivity contribution is 0.393. The molecule has 21 heavy (non-hydrogen) atoms. The first-order valence-corrected chi connectivity index (χ1v) is 7.40. The summed E-state index contributed by atoms with van der Waals surface area (Å²) in [4.78, 5) is 8.78. The van der Waals surface area contributed by atoms with Gasteiger partial charge in [-0.05, 0) is 33.1 Å². The number of hydrogen-bond donors (Lipinski definition) is 2. The SMILES string of the molecule is Cc1noc(C)c1-c1nc(NC2CCC(N)C2)ncc1Cl. The van der Waals surface area contributed by atoms with Gasteiger partial charge in [0.15, 0.2) is 0 Å². The molecule has 0 aromatic carbocycles. The predicted molar refractivity (Wildman–Crippen MR) is 81.3 cm³/mol. The molecule has 0 aliphatic heterocycles. The van der Waals surface area contributed by atoms with E-state index in [1.165, 1.54) is 0 Å². The summed E-state index contributed by atoms with van der Waals surface area (Å²) in [6.45, 7) is 3.71. The lowest BCUT2D eigenvalue weighted by Crippen LogP contribution is -2.21. The van der Waals surface area contributed by atoms with Gasteiger partial charge in [-0.25, -0.2) is 9.97 Å². The molecule has 2 unspecified atom stereocenters. The largest absolute Gasteiger partial charge is 0.361 e. The average Bonchev–Trinajstić information content (AvgIpc) is 2.99. The van der Waals surface area contributed by atoms with Crippen molar-refractivity contribution in [3.8, 4) is 11.3 Å². The summed E-state index contributed by atoms with van der Waals surface area (Å²) in [5.74, 6) is 1.26. The van der Waals surface area contributed by atoms with E-state index in [0.717, 1.165) is 30.5 Å². The maximum absolute atomic E-state index is 6.23. The maximum atomic E-state index is 6.23. The summed E-state index contributed by atoms with van der Waals surface area (Å²) in [5, 5.41) is 7.76. The Bertz CT molecular complexity index is 637. The Kier molecular flexibility index (Phi) is 3.82. The molecular formula is C14H18ClN5O. The molecule has 112 valence electrons. The van der Waals surface area contributed by atoms with Gasteiger partial charge in [0, 0.05) is 12.1 Å². The van der Waals surface area contributed by atoms with Gasteiger partial charge in [0.1, 0.15) is 5.76 Å². The minimum absolute atomic E-state index is 0.261. The average molecular weight is 308 g/mol. The summed E-state index contributed by atoms with van der Waals surface area (Å²) in [6.07, 6.45) is 4.61. The molecule has 3 rings (SSSR count). The lowest BCUT2D eigenvalue weighted by atomic mass is 10.1. The molecule has 1 saturated carbocycles. The van der Waals surface area contributed by atoms with Crippen LogP contribution in [0.1, 0.15) is 30.7 Å². The van der Waals surface area contributed by atoms with Crippen LogP contribution in [0.15, 0.2) is 10.7 Å². The zero-order valence-corrected chi connectivity index (χ0v) is 12.8. The summed E-state index contributed by atoms with van der Waals surface area (Å²) in [5.41, 5.74) is 8.17. The van der Waals surface area contributed by atoms with Gasteiger partial charge in [0.2, 0.25) is 5.95 Å². The van der Waals surface area contributed by atoms with Gasteiger partial charge in [-0.2, -0.15) is 0 Å². The number of aryl methyl sites for hydroxylation is 2. The third-order valence-corrected chi connectivity index (χ3v) is 4.10. The van der Waals surface area contributed by atoms with E-state index in [1.807, 2.05) is 13.8 Å². The highest BCUT2D eigenvalue weighted by Gasteiger charge is 2.23. The van der Waals surface area contributed by atoms with Crippen molar-refractivity contribution in [2.24, 2.45) is 5.73 Å². The molecule has 2 aromatic heterocycles. The Morgan fingerprint density at radius 3 is 2.81 bits per heavy atom. The van der Waals surface area contributed by atoms with E-state index in [-0.39, 0.29) is 6.04 Å². The Balaban J connectivity index is 1.90. The van der Waals surface area contributed by atoms with E-state index in [4.69, 9.17) is 21.9 Å². The number of nitrogens with one attached hydrogen (secondary N) is 1. The molecule has 1 aliphatic rings. The Morgan fingerprint density at radius 1 is 1.38 bits per heavy atom. The number of anilines is 1. The highest BCUT2D eigenvalue weighted by atomic mass is 35.5. The molecule has 0 spiro atoms. The number of nitrogens with zero attached hydrogens (tertiary/aromatic N) is 3. The summed E-state index contributed by atoms with van der Waals surface area (Å²) >= 11 is 6.23. The topological polar surface area (TPSA) is 89.9 Å². The van der Waals surface area contributed by atoms with Crippen LogP contribution < -0.4 is 11.1 Å². The van der Waals surface area contributed by atoms with Crippen molar-refractivity contribution in [2.45, 2.75) is 45.2 Å². The van der Waals surface area contributed by atoms with E-state index in [9.17, 15) is 0 Å². The van der Waals surface area contributed by atoms with Crippen molar-refractivity contribution in [1.82, 2.24) is 15.1 Å². The van der Waals surface area contributed by atoms with Crippen molar-refractivity contribution in [3.05, 3.63) is 22.7 Å². The van der Waals surface area contributed by atoms with Gasteiger partial charge in [0.05, 0.1) is 28.2 Å². The lowest BCUT2D eigenvalue weighted by Gasteiger charge is -2.13. The van der Waals surface area contributed by atoms with Crippen LogP contribution in [0.25, 0.3) is 11.3 Å². The van der Waals surface area contributed by atoms with E-state index < -0.39 is 0 Å². The van der Waals surface area contributed by atoms with Crippen LogP contribution in [-0.4, -0.2) is 27.2 Å². The normalized spacial score (nSPS) is 21.7. The summed E-state index contributed by atoms with van der Waals surface area (Å²) in [7, 11) is 0. The second-order valence-electron chi connectivity index (χ2n) is 5.50. The molecule has 6 nitrogen and oxygen atoms in total. The van der Waals surface area contributed by atoms with Crippen molar-refractivity contribution in [1.29, 1.82) is 0 Å². The highest BCUT2D eigenvalue weighted by Crippen LogP contribution is 2.31. The maximum Gasteiger partial charge on any atom is 0.223 e. The van der Waals surface area contributed by atoms with Gasteiger partial charge < -0.3 is 15.6 Å².